The molecule has 1 aromatic rings. The number of hydrogen-bond acceptors (Lipinski definition) is 3. The van der Waals surface area contributed by atoms with Crippen LogP contribution in [0, 0.1) is 0 Å². The molecule has 4 heteroatoms. The summed E-state index contributed by atoms with van der Waals surface area (Å²) in [4.78, 5) is 1.22. The van der Waals surface area contributed by atoms with E-state index in [0.717, 1.165) is 23.6 Å². The van der Waals surface area contributed by atoms with Gasteiger partial charge in [-0.2, -0.15) is 4.36 Å². The van der Waals surface area contributed by atoms with Crippen LogP contribution in [-0.2, 0) is 9.73 Å². The van der Waals surface area contributed by atoms with Gasteiger partial charge in [-0.15, -0.1) is 11.8 Å². The van der Waals surface area contributed by atoms with Crippen LogP contribution in [0.25, 0.3) is 0 Å². The Morgan fingerprint density at radius 2 is 1.93 bits per heavy atom. The molecule has 0 radical (unpaired) electrons. The van der Waals surface area contributed by atoms with Crippen molar-refractivity contribution in [1.82, 2.24) is 0 Å². The first-order valence-electron chi connectivity index (χ1n) is 4.58. The second-order valence-corrected chi connectivity index (χ2v) is 6.75. The lowest BCUT2D eigenvalue weighted by Crippen LogP contribution is -2.22. The highest BCUT2D eigenvalue weighted by Crippen LogP contribution is 2.23. The minimum Gasteiger partial charge on any atom is -0.249 e. The van der Waals surface area contributed by atoms with Crippen molar-refractivity contribution in [3.8, 4) is 0 Å². The van der Waals surface area contributed by atoms with Gasteiger partial charge < -0.3 is 0 Å². The van der Waals surface area contributed by atoms with Gasteiger partial charge in [-0.1, -0.05) is 0 Å². The molecule has 0 spiro atoms. The summed E-state index contributed by atoms with van der Waals surface area (Å²) in [6, 6.07) is 7.92. The van der Waals surface area contributed by atoms with Crippen LogP contribution in [0.3, 0.4) is 0 Å². The van der Waals surface area contributed by atoms with Gasteiger partial charge in [-0.3, -0.25) is 0 Å². The van der Waals surface area contributed by atoms with Crippen LogP contribution in [0.1, 0.15) is 6.42 Å². The van der Waals surface area contributed by atoms with Crippen LogP contribution in [-0.4, -0.2) is 22.0 Å². The van der Waals surface area contributed by atoms with Crippen molar-refractivity contribution in [2.45, 2.75) is 11.3 Å². The van der Waals surface area contributed by atoms with E-state index in [1.807, 2.05) is 30.5 Å². The largest absolute Gasteiger partial charge is 0.249 e. The first-order chi connectivity index (χ1) is 6.72. The quantitative estimate of drug-likeness (QED) is 0.727. The molecule has 0 unspecified atom stereocenters. The van der Waals surface area contributed by atoms with Crippen molar-refractivity contribution in [2.24, 2.45) is 4.36 Å². The smallest absolute Gasteiger partial charge is 0.0731 e. The fraction of sp³-hybridized carbons (Fsp3) is 0.400. The Morgan fingerprint density at radius 3 is 2.36 bits per heavy atom. The fourth-order valence-electron chi connectivity index (χ4n) is 1.32. The van der Waals surface area contributed by atoms with Crippen LogP contribution in [0.2, 0.25) is 0 Å². The van der Waals surface area contributed by atoms with Gasteiger partial charge in [0.05, 0.1) is 15.4 Å². The molecule has 1 aliphatic rings. The monoisotopic (exact) mass is 227 g/mol. The molecular weight excluding hydrogens is 214 g/mol. The van der Waals surface area contributed by atoms with Crippen LogP contribution in [0.4, 0.5) is 5.69 Å². The molecule has 0 N–H and O–H groups in total. The summed E-state index contributed by atoms with van der Waals surface area (Å²) >= 11 is 1.70. The first kappa shape index (κ1) is 10.1. The molecule has 0 atom stereocenters. The van der Waals surface area contributed by atoms with Crippen molar-refractivity contribution in [3.63, 3.8) is 0 Å². The Balaban J connectivity index is 2.26. The van der Waals surface area contributed by atoms with E-state index in [2.05, 4.69) is 4.36 Å². The highest BCUT2D eigenvalue weighted by atomic mass is 32.2. The summed E-state index contributed by atoms with van der Waals surface area (Å²) in [5, 5.41) is 0. The van der Waals surface area contributed by atoms with Gasteiger partial charge in [0, 0.05) is 16.4 Å². The Bertz CT molecular complexity index is 420. The SMILES string of the molecule is CSc1ccc(N=S2(=O)CCC2)cc1. The van der Waals surface area contributed by atoms with Crippen molar-refractivity contribution < 1.29 is 4.21 Å². The molecular formula is C10H13NOS2. The van der Waals surface area contributed by atoms with Crippen molar-refractivity contribution in [2.75, 3.05) is 17.8 Å². The van der Waals surface area contributed by atoms with Gasteiger partial charge in [-0.05, 0) is 36.9 Å². The van der Waals surface area contributed by atoms with Crippen LogP contribution < -0.4 is 0 Å². The number of rotatable bonds is 2. The van der Waals surface area contributed by atoms with Gasteiger partial charge in [-0.25, -0.2) is 4.21 Å². The van der Waals surface area contributed by atoms with Crippen molar-refractivity contribution in [1.29, 1.82) is 0 Å². The van der Waals surface area contributed by atoms with Crippen molar-refractivity contribution >= 4 is 27.2 Å². The molecule has 1 fully saturated rings. The van der Waals surface area contributed by atoms with E-state index >= 15 is 0 Å². The summed E-state index contributed by atoms with van der Waals surface area (Å²) in [6.45, 7) is 0. The van der Waals surface area contributed by atoms with Gasteiger partial charge in [0.1, 0.15) is 0 Å². The molecule has 1 heterocycles. The van der Waals surface area contributed by atoms with Crippen LogP contribution in [0.15, 0.2) is 33.5 Å². The second-order valence-electron chi connectivity index (χ2n) is 3.32. The summed E-state index contributed by atoms with van der Waals surface area (Å²) in [6.07, 6.45) is 3.10. The molecule has 0 bridgehead atoms. The van der Waals surface area contributed by atoms with E-state index in [9.17, 15) is 4.21 Å². The molecule has 1 saturated heterocycles. The van der Waals surface area contributed by atoms with Gasteiger partial charge in [0.15, 0.2) is 0 Å². The highest BCUT2D eigenvalue weighted by molar-refractivity contribution is 7.98. The molecule has 0 aromatic heterocycles. The molecule has 76 valence electrons. The summed E-state index contributed by atoms with van der Waals surface area (Å²) in [7, 11) is -1.84. The topological polar surface area (TPSA) is 29.4 Å². The molecule has 1 aromatic carbocycles. The number of thioether (sulfide) groups is 1. The zero-order chi connectivity index (χ0) is 10.0. The lowest BCUT2D eigenvalue weighted by atomic mass is 10.3. The maximum atomic E-state index is 11.8. The Hall–Kier alpha value is -0.480. The molecule has 14 heavy (non-hydrogen) atoms. The van der Waals surface area contributed by atoms with Crippen LogP contribution in [0.5, 0.6) is 0 Å². The Morgan fingerprint density at radius 1 is 1.29 bits per heavy atom. The Kier molecular flexibility index (Phi) is 2.83. The zero-order valence-corrected chi connectivity index (χ0v) is 9.74. The zero-order valence-electron chi connectivity index (χ0n) is 8.10. The number of nitrogens with zero attached hydrogens (tertiary/aromatic N) is 1. The average molecular weight is 227 g/mol. The van der Waals surface area contributed by atoms with E-state index in [-0.39, 0.29) is 0 Å². The second kappa shape index (κ2) is 3.95. The minimum absolute atomic E-state index is 0.775. The third-order valence-electron chi connectivity index (χ3n) is 2.27. The molecule has 0 amide bonds. The summed E-state index contributed by atoms with van der Waals surface area (Å²) in [5.74, 6) is 1.55. The minimum atomic E-state index is -1.84. The average Bonchev–Trinajstić information content (AvgIpc) is 2.17. The Labute approximate surface area is 89.3 Å². The summed E-state index contributed by atoms with van der Waals surface area (Å²) < 4.78 is 16.1. The molecule has 1 aliphatic heterocycles. The van der Waals surface area contributed by atoms with Gasteiger partial charge in [0.2, 0.25) is 0 Å². The number of benzene rings is 1. The first-order valence-corrected chi connectivity index (χ1v) is 7.66. The lowest BCUT2D eigenvalue weighted by molar-refractivity contribution is 0.663. The summed E-state index contributed by atoms with van der Waals surface area (Å²) in [5.41, 5.74) is 0.854. The predicted molar refractivity (Wildman–Crippen MR) is 62.8 cm³/mol. The van der Waals surface area contributed by atoms with E-state index < -0.39 is 9.73 Å². The van der Waals surface area contributed by atoms with Gasteiger partial charge in [0.25, 0.3) is 0 Å². The van der Waals surface area contributed by atoms with E-state index in [4.69, 9.17) is 0 Å². The number of hydrogen-bond donors (Lipinski definition) is 0. The third kappa shape index (κ3) is 2.12. The van der Waals surface area contributed by atoms with E-state index in [1.54, 1.807) is 11.8 Å². The normalized spacial score (nSPS) is 18.6. The van der Waals surface area contributed by atoms with E-state index in [0.29, 0.717) is 0 Å². The van der Waals surface area contributed by atoms with Crippen LogP contribution >= 0.6 is 11.8 Å². The highest BCUT2D eigenvalue weighted by Gasteiger charge is 2.18. The predicted octanol–water partition coefficient (Wildman–Crippen LogP) is 2.91. The lowest BCUT2D eigenvalue weighted by Gasteiger charge is -2.17. The maximum absolute atomic E-state index is 11.8. The van der Waals surface area contributed by atoms with Gasteiger partial charge >= 0.3 is 0 Å². The molecule has 0 saturated carbocycles. The van der Waals surface area contributed by atoms with E-state index in [1.165, 1.54) is 4.90 Å². The standard InChI is InChI=1S/C10H13NOS2/c1-13-10-5-3-9(4-6-10)11-14(12)7-2-8-14/h3-6H,2,7-8H2,1H3. The molecule has 0 aliphatic carbocycles. The fourth-order valence-corrected chi connectivity index (χ4v) is 3.20. The molecule has 2 nitrogen and oxygen atoms in total. The van der Waals surface area contributed by atoms with Crippen molar-refractivity contribution in [3.05, 3.63) is 24.3 Å². The maximum Gasteiger partial charge on any atom is 0.0731 e. The third-order valence-corrected chi connectivity index (χ3v) is 5.41. The molecule has 2 rings (SSSR count).